The Balaban J connectivity index is 1.64. The van der Waals surface area contributed by atoms with Gasteiger partial charge in [0, 0.05) is 25.4 Å². The Morgan fingerprint density at radius 3 is 2.68 bits per heavy atom. The lowest BCUT2D eigenvalue weighted by atomic mass is 9.87. The summed E-state index contributed by atoms with van der Waals surface area (Å²) in [5.74, 6) is 0.407. The summed E-state index contributed by atoms with van der Waals surface area (Å²) in [6.07, 6.45) is 8.73. The van der Waals surface area contributed by atoms with E-state index in [4.69, 9.17) is 0 Å². The fraction of sp³-hybridized carbons (Fsp3) is 0.786. The molecule has 0 bridgehead atoms. The van der Waals surface area contributed by atoms with E-state index in [2.05, 4.69) is 15.4 Å². The Kier molecular flexibility index (Phi) is 3.53. The smallest absolute Gasteiger partial charge is 0.226 e. The second-order valence-electron chi connectivity index (χ2n) is 5.90. The number of amides is 1. The number of carbonyl (C=O) groups excluding carboxylic acids is 1. The molecule has 5 heteroatoms. The average molecular weight is 262 g/mol. The number of aryl methyl sites for hydroxylation is 1. The Morgan fingerprint density at radius 1 is 1.16 bits per heavy atom. The minimum Gasteiger partial charge on any atom is -0.343 e. The van der Waals surface area contributed by atoms with Gasteiger partial charge in [0.05, 0.1) is 11.4 Å². The third kappa shape index (κ3) is 2.51. The Morgan fingerprint density at radius 2 is 1.89 bits per heavy atom. The van der Waals surface area contributed by atoms with Crippen LogP contribution in [0.4, 0.5) is 0 Å². The van der Waals surface area contributed by atoms with Crippen molar-refractivity contribution in [2.24, 2.45) is 5.92 Å². The number of H-pyrrole nitrogens is 1. The van der Waals surface area contributed by atoms with Gasteiger partial charge in [0.25, 0.3) is 0 Å². The molecule has 104 valence electrons. The fourth-order valence-electron chi connectivity index (χ4n) is 3.43. The molecule has 1 amide bonds. The first-order chi connectivity index (χ1) is 9.25. The number of rotatable bonds is 2. The van der Waals surface area contributed by atoms with Gasteiger partial charge >= 0.3 is 0 Å². The molecule has 1 unspecified atom stereocenters. The molecule has 2 aliphatic carbocycles. The van der Waals surface area contributed by atoms with Crippen LogP contribution in [0.3, 0.4) is 0 Å². The van der Waals surface area contributed by atoms with Crippen LogP contribution < -0.4 is 0 Å². The molecule has 0 aromatic carbocycles. The highest BCUT2D eigenvalue weighted by atomic mass is 16.2. The second-order valence-corrected chi connectivity index (χ2v) is 5.90. The number of nitrogens with one attached hydrogen (secondary N) is 1. The SMILES string of the molecule is CN(C(=O)C1CCc2n[nH]nc2C1)C1CCCCC1. The molecule has 3 rings (SSSR count). The summed E-state index contributed by atoms with van der Waals surface area (Å²) < 4.78 is 0. The van der Waals surface area contributed by atoms with E-state index in [-0.39, 0.29) is 5.92 Å². The minimum atomic E-state index is 0.101. The van der Waals surface area contributed by atoms with E-state index in [1.165, 1.54) is 32.1 Å². The zero-order valence-electron chi connectivity index (χ0n) is 11.6. The molecule has 1 atom stereocenters. The fourth-order valence-corrected chi connectivity index (χ4v) is 3.43. The number of fused-ring (bicyclic) bond motifs is 1. The van der Waals surface area contributed by atoms with Crippen molar-refractivity contribution in [3.05, 3.63) is 11.4 Å². The maximum atomic E-state index is 12.6. The topological polar surface area (TPSA) is 61.9 Å². The van der Waals surface area contributed by atoms with Gasteiger partial charge in [-0.15, -0.1) is 0 Å². The Hall–Kier alpha value is -1.39. The summed E-state index contributed by atoms with van der Waals surface area (Å²) in [4.78, 5) is 14.6. The molecule has 1 aromatic rings. The van der Waals surface area contributed by atoms with Crippen LogP contribution in [-0.2, 0) is 17.6 Å². The Labute approximate surface area is 113 Å². The number of aromatic amines is 1. The van der Waals surface area contributed by atoms with Crippen LogP contribution >= 0.6 is 0 Å². The van der Waals surface area contributed by atoms with Crippen LogP contribution in [0.2, 0.25) is 0 Å². The van der Waals surface area contributed by atoms with Crippen molar-refractivity contribution in [1.82, 2.24) is 20.3 Å². The van der Waals surface area contributed by atoms with E-state index in [0.29, 0.717) is 11.9 Å². The van der Waals surface area contributed by atoms with Crippen molar-refractivity contribution < 1.29 is 4.79 Å². The van der Waals surface area contributed by atoms with Gasteiger partial charge in [-0.3, -0.25) is 4.79 Å². The summed E-state index contributed by atoms with van der Waals surface area (Å²) in [6, 6.07) is 0.458. The third-order valence-corrected chi connectivity index (χ3v) is 4.69. The van der Waals surface area contributed by atoms with Crippen LogP contribution in [-0.4, -0.2) is 39.3 Å². The lowest BCUT2D eigenvalue weighted by Gasteiger charge is -2.34. The van der Waals surface area contributed by atoms with Gasteiger partial charge in [-0.05, 0) is 25.7 Å². The highest BCUT2D eigenvalue weighted by molar-refractivity contribution is 5.79. The van der Waals surface area contributed by atoms with Gasteiger partial charge in [0.2, 0.25) is 5.91 Å². The van der Waals surface area contributed by atoms with E-state index >= 15 is 0 Å². The first-order valence-electron chi connectivity index (χ1n) is 7.41. The molecule has 0 spiro atoms. The summed E-state index contributed by atoms with van der Waals surface area (Å²) in [5.41, 5.74) is 2.03. The summed E-state index contributed by atoms with van der Waals surface area (Å²) in [7, 11) is 1.98. The van der Waals surface area contributed by atoms with E-state index < -0.39 is 0 Å². The Bertz CT molecular complexity index is 450. The lowest BCUT2D eigenvalue weighted by Crippen LogP contribution is -2.43. The van der Waals surface area contributed by atoms with Crippen LogP contribution in [0.1, 0.15) is 49.9 Å². The zero-order chi connectivity index (χ0) is 13.2. The number of aromatic nitrogens is 3. The summed E-state index contributed by atoms with van der Waals surface area (Å²) in [5, 5.41) is 10.9. The number of carbonyl (C=O) groups is 1. The van der Waals surface area contributed by atoms with Crippen molar-refractivity contribution >= 4 is 5.91 Å². The molecular weight excluding hydrogens is 240 g/mol. The van der Waals surface area contributed by atoms with Gasteiger partial charge in [-0.1, -0.05) is 19.3 Å². The largest absolute Gasteiger partial charge is 0.343 e. The van der Waals surface area contributed by atoms with Crippen LogP contribution in [0.5, 0.6) is 0 Å². The van der Waals surface area contributed by atoms with Crippen molar-refractivity contribution in [1.29, 1.82) is 0 Å². The van der Waals surface area contributed by atoms with Gasteiger partial charge in [0.1, 0.15) is 0 Å². The van der Waals surface area contributed by atoms with Gasteiger partial charge < -0.3 is 4.90 Å². The molecule has 0 saturated heterocycles. The molecule has 0 radical (unpaired) electrons. The molecule has 1 saturated carbocycles. The van der Waals surface area contributed by atoms with Crippen molar-refractivity contribution in [3.8, 4) is 0 Å². The van der Waals surface area contributed by atoms with Crippen LogP contribution in [0, 0.1) is 5.92 Å². The first kappa shape index (κ1) is 12.6. The molecule has 2 aliphatic rings. The lowest BCUT2D eigenvalue weighted by molar-refractivity contribution is -0.137. The standard InChI is InChI=1S/C14H22N4O/c1-18(11-5-3-2-4-6-11)14(19)10-7-8-12-13(9-10)16-17-15-12/h10-11H,2-9H2,1H3,(H,15,16,17). The predicted molar refractivity (Wildman–Crippen MR) is 71.5 cm³/mol. The highest BCUT2D eigenvalue weighted by Gasteiger charge is 2.31. The van der Waals surface area contributed by atoms with Crippen LogP contribution in [0.15, 0.2) is 0 Å². The van der Waals surface area contributed by atoms with E-state index in [1.54, 1.807) is 0 Å². The van der Waals surface area contributed by atoms with E-state index in [9.17, 15) is 4.79 Å². The van der Waals surface area contributed by atoms with E-state index in [0.717, 1.165) is 30.7 Å². The molecule has 1 aromatic heterocycles. The molecule has 19 heavy (non-hydrogen) atoms. The highest BCUT2D eigenvalue weighted by Crippen LogP contribution is 2.27. The zero-order valence-corrected chi connectivity index (χ0v) is 11.6. The summed E-state index contributed by atoms with van der Waals surface area (Å²) in [6.45, 7) is 0. The molecule has 1 fully saturated rings. The number of nitrogens with zero attached hydrogens (tertiary/aromatic N) is 3. The second kappa shape index (κ2) is 5.31. The maximum absolute atomic E-state index is 12.6. The van der Waals surface area contributed by atoms with Crippen LogP contribution in [0.25, 0.3) is 0 Å². The van der Waals surface area contributed by atoms with E-state index in [1.807, 2.05) is 11.9 Å². The molecule has 1 heterocycles. The van der Waals surface area contributed by atoms with Gasteiger partial charge in [-0.2, -0.15) is 15.4 Å². The van der Waals surface area contributed by atoms with Crippen molar-refractivity contribution in [2.45, 2.75) is 57.4 Å². The maximum Gasteiger partial charge on any atom is 0.226 e. The number of hydrogen-bond donors (Lipinski definition) is 1. The molecule has 5 nitrogen and oxygen atoms in total. The van der Waals surface area contributed by atoms with Crippen molar-refractivity contribution in [2.75, 3.05) is 7.05 Å². The monoisotopic (exact) mass is 262 g/mol. The first-order valence-corrected chi connectivity index (χ1v) is 7.41. The molecular formula is C14H22N4O. The molecule has 0 aliphatic heterocycles. The van der Waals surface area contributed by atoms with Gasteiger partial charge in [0.15, 0.2) is 0 Å². The normalized spacial score (nSPS) is 23.9. The quantitative estimate of drug-likeness (QED) is 0.882. The predicted octanol–water partition coefficient (Wildman–Crippen LogP) is 1.70. The van der Waals surface area contributed by atoms with Gasteiger partial charge in [-0.25, -0.2) is 0 Å². The number of hydrogen-bond acceptors (Lipinski definition) is 3. The van der Waals surface area contributed by atoms with Crippen molar-refractivity contribution in [3.63, 3.8) is 0 Å². The minimum absolute atomic E-state index is 0.101. The summed E-state index contributed by atoms with van der Waals surface area (Å²) >= 11 is 0. The molecule has 1 N–H and O–H groups in total. The average Bonchev–Trinajstić information content (AvgIpc) is 2.94. The third-order valence-electron chi connectivity index (χ3n) is 4.69.